The molecule has 0 spiro atoms. The predicted octanol–water partition coefficient (Wildman–Crippen LogP) is -1.86. The number of aliphatic hydroxyl groups excluding tert-OH is 1. The second kappa shape index (κ2) is 11.7. The third-order valence-electron chi connectivity index (χ3n) is 4.83. The van der Waals surface area contributed by atoms with Gasteiger partial charge in [0.2, 0.25) is 11.8 Å². The number of benzene rings is 1. The monoisotopic (exact) mass is 447 g/mol. The average molecular weight is 447 g/mol. The van der Waals surface area contributed by atoms with Crippen molar-refractivity contribution < 1.29 is 24.6 Å². The minimum Gasteiger partial charge on any atom is -0.480 e. The first-order valence-electron chi connectivity index (χ1n) is 10.0. The summed E-state index contributed by atoms with van der Waals surface area (Å²) in [5.74, 6) is -2.76. The van der Waals surface area contributed by atoms with Crippen LogP contribution in [-0.2, 0) is 20.8 Å². The van der Waals surface area contributed by atoms with Crippen LogP contribution in [0.5, 0.6) is 0 Å². The van der Waals surface area contributed by atoms with Gasteiger partial charge in [-0.25, -0.2) is 4.79 Å². The number of aromatic nitrogens is 1. The van der Waals surface area contributed by atoms with Crippen molar-refractivity contribution in [2.24, 2.45) is 22.2 Å². The fraction of sp³-hybridized carbons (Fsp3) is 0.400. The van der Waals surface area contributed by atoms with Crippen molar-refractivity contribution >= 4 is 34.6 Å². The molecule has 1 heterocycles. The first-order chi connectivity index (χ1) is 15.2. The number of aliphatic hydroxyl groups is 1. The molecule has 0 saturated heterocycles. The summed E-state index contributed by atoms with van der Waals surface area (Å²) in [6, 6.07) is 3.89. The van der Waals surface area contributed by atoms with Crippen molar-refractivity contribution in [2.75, 3.05) is 13.2 Å². The Labute approximate surface area is 184 Å². The molecule has 11 N–H and O–H groups in total. The summed E-state index contributed by atoms with van der Waals surface area (Å²) in [5.41, 5.74) is 17.6. The number of carboxylic acids is 1. The van der Waals surface area contributed by atoms with Gasteiger partial charge in [0.05, 0.1) is 6.61 Å². The number of carbonyl (C=O) groups excluding carboxylic acids is 2. The molecule has 0 bridgehead atoms. The van der Waals surface area contributed by atoms with Crippen LogP contribution in [-0.4, -0.2) is 70.2 Å². The molecule has 32 heavy (non-hydrogen) atoms. The zero-order valence-electron chi connectivity index (χ0n) is 17.5. The van der Waals surface area contributed by atoms with E-state index in [2.05, 4.69) is 20.6 Å². The quantitative estimate of drug-likeness (QED) is 0.104. The van der Waals surface area contributed by atoms with Gasteiger partial charge in [0.15, 0.2) is 5.96 Å². The molecule has 0 aliphatic carbocycles. The number of carbonyl (C=O) groups is 3. The number of guanidine groups is 1. The first-order valence-corrected chi connectivity index (χ1v) is 10.0. The maximum Gasteiger partial charge on any atom is 0.326 e. The third-order valence-corrected chi connectivity index (χ3v) is 4.83. The molecule has 1 aromatic carbocycles. The van der Waals surface area contributed by atoms with Crippen LogP contribution < -0.4 is 27.8 Å². The molecule has 2 aromatic rings. The summed E-state index contributed by atoms with van der Waals surface area (Å²) in [5, 5.41) is 24.4. The Balaban J connectivity index is 2.17. The van der Waals surface area contributed by atoms with Crippen molar-refractivity contribution in [2.45, 2.75) is 37.4 Å². The molecule has 0 aliphatic heterocycles. The zero-order valence-corrected chi connectivity index (χ0v) is 17.5. The van der Waals surface area contributed by atoms with Crippen LogP contribution in [0.3, 0.4) is 0 Å². The number of nitrogens with two attached hydrogens (primary N) is 3. The van der Waals surface area contributed by atoms with Crippen LogP contribution in [0.15, 0.2) is 35.5 Å². The molecule has 1 aromatic heterocycles. The summed E-state index contributed by atoms with van der Waals surface area (Å²) in [7, 11) is 0. The Bertz CT molecular complexity index is 970. The predicted molar refractivity (Wildman–Crippen MR) is 118 cm³/mol. The van der Waals surface area contributed by atoms with Gasteiger partial charge in [-0.15, -0.1) is 0 Å². The van der Waals surface area contributed by atoms with E-state index in [0.29, 0.717) is 6.42 Å². The lowest BCUT2D eigenvalue weighted by Crippen LogP contribution is -2.55. The van der Waals surface area contributed by atoms with Gasteiger partial charge in [-0.2, -0.15) is 0 Å². The number of para-hydroxylation sites is 1. The lowest BCUT2D eigenvalue weighted by Gasteiger charge is -2.22. The maximum absolute atomic E-state index is 12.9. The van der Waals surface area contributed by atoms with E-state index >= 15 is 0 Å². The molecule has 12 nitrogen and oxygen atoms in total. The SMILES string of the molecule is NC(N)=NCCCC(NC(=O)C(Cc1c[nH]c2ccccc12)NC(=O)C(N)CO)C(=O)O. The Morgan fingerprint density at radius 2 is 1.78 bits per heavy atom. The maximum atomic E-state index is 12.9. The fourth-order valence-electron chi connectivity index (χ4n) is 3.12. The number of aromatic amines is 1. The van der Waals surface area contributed by atoms with E-state index in [4.69, 9.17) is 22.3 Å². The van der Waals surface area contributed by atoms with Crippen LogP contribution in [0.1, 0.15) is 18.4 Å². The van der Waals surface area contributed by atoms with Crippen molar-refractivity contribution in [3.05, 3.63) is 36.0 Å². The lowest BCUT2D eigenvalue weighted by molar-refractivity contribution is -0.142. The second-order valence-corrected chi connectivity index (χ2v) is 7.26. The number of hydrogen-bond acceptors (Lipinski definition) is 6. The topological polar surface area (TPSA) is 222 Å². The van der Waals surface area contributed by atoms with Crippen LogP contribution >= 0.6 is 0 Å². The lowest BCUT2D eigenvalue weighted by atomic mass is 10.0. The van der Waals surface area contributed by atoms with Crippen LogP contribution in [0.2, 0.25) is 0 Å². The van der Waals surface area contributed by atoms with Crippen molar-refractivity contribution in [3.63, 3.8) is 0 Å². The second-order valence-electron chi connectivity index (χ2n) is 7.26. The third kappa shape index (κ3) is 6.96. The van der Waals surface area contributed by atoms with Crippen LogP contribution in [0, 0.1) is 0 Å². The van der Waals surface area contributed by atoms with E-state index < -0.39 is 42.5 Å². The standard InChI is InChI=1S/C20H29N7O5/c21-13(10-28)17(29)27-16(8-11-9-25-14-5-2-1-4-12(11)14)18(30)26-15(19(31)32)6-3-7-24-20(22)23/h1-2,4-5,9,13,15-16,25,28H,3,6-8,10,21H2,(H,26,30)(H,27,29)(H,31,32)(H4,22,23,24). The van der Waals surface area contributed by atoms with E-state index in [1.54, 1.807) is 6.20 Å². The number of hydrogen-bond donors (Lipinski definition) is 8. The van der Waals surface area contributed by atoms with Crippen molar-refractivity contribution in [1.29, 1.82) is 0 Å². The summed E-state index contributed by atoms with van der Waals surface area (Å²) in [4.78, 5) is 43.7. The van der Waals surface area contributed by atoms with Gasteiger partial charge in [-0.1, -0.05) is 18.2 Å². The Morgan fingerprint density at radius 3 is 2.44 bits per heavy atom. The fourth-order valence-corrected chi connectivity index (χ4v) is 3.12. The van der Waals surface area contributed by atoms with E-state index in [-0.39, 0.29) is 25.3 Å². The van der Waals surface area contributed by atoms with Gasteiger partial charge in [-0.05, 0) is 24.5 Å². The average Bonchev–Trinajstić information content (AvgIpc) is 3.17. The van der Waals surface area contributed by atoms with Crippen LogP contribution in [0.4, 0.5) is 0 Å². The van der Waals surface area contributed by atoms with Crippen molar-refractivity contribution in [3.8, 4) is 0 Å². The molecule has 2 amide bonds. The van der Waals surface area contributed by atoms with E-state index in [1.165, 1.54) is 0 Å². The number of carboxylic acid groups (broad SMARTS) is 1. The number of nitrogens with one attached hydrogen (secondary N) is 3. The summed E-state index contributed by atoms with van der Waals surface area (Å²) in [6.07, 6.45) is 2.21. The molecular weight excluding hydrogens is 418 g/mol. The van der Waals surface area contributed by atoms with E-state index in [9.17, 15) is 19.5 Å². The highest BCUT2D eigenvalue weighted by atomic mass is 16.4. The Morgan fingerprint density at radius 1 is 1.09 bits per heavy atom. The molecule has 0 radical (unpaired) electrons. The molecular formula is C20H29N7O5. The van der Waals surface area contributed by atoms with Gasteiger partial charge in [0, 0.05) is 30.1 Å². The van der Waals surface area contributed by atoms with E-state index in [1.807, 2.05) is 24.3 Å². The number of fused-ring (bicyclic) bond motifs is 1. The number of amides is 2. The Hall–Kier alpha value is -3.64. The molecule has 174 valence electrons. The van der Waals surface area contributed by atoms with Gasteiger partial charge in [-0.3, -0.25) is 14.6 Å². The molecule has 3 atom stereocenters. The number of aliphatic imine (C=N–C) groups is 1. The molecule has 0 aliphatic rings. The van der Waals surface area contributed by atoms with E-state index in [0.717, 1.165) is 16.5 Å². The number of aliphatic carboxylic acids is 1. The molecule has 0 fully saturated rings. The minimum atomic E-state index is -1.23. The largest absolute Gasteiger partial charge is 0.480 e. The number of nitrogens with zero attached hydrogens (tertiary/aromatic N) is 1. The van der Waals surface area contributed by atoms with Crippen LogP contribution in [0.25, 0.3) is 10.9 Å². The summed E-state index contributed by atoms with van der Waals surface area (Å²) in [6.45, 7) is -0.390. The summed E-state index contributed by atoms with van der Waals surface area (Å²) < 4.78 is 0. The zero-order chi connectivity index (χ0) is 23.7. The van der Waals surface area contributed by atoms with Gasteiger partial charge < -0.3 is 43.0 Å². The molecule has 12 heteroatoms. The summed E-state index contributed by atoms with van der Waals surface area (Å²) >= 11 is 0. The highest BCUT2D eigenvalue weighted by Gasteiger charge is 2.28. The van der Waals surface area contributed by atoms with Gasteiger partial charge in [0.1, 0.15) is 18.1 Å². The molecule has 3 unspecified atom stereocenters. The van der Waals surface area contributed by atoms with Gasteiger partial charge >= 0.3 is 5.97 Å². The van der Waals surface area contributed by atoms with Crippen molar-refractivity contribution in [1.82, 2.24) is 15.6 Å². The number of rotatable bonds is 12. The highest BCUT2D eigenvalue weighted by molar-refractivity contribution is 5.93. The molecule has 2 rings (SSSR count). The number of H-pyrrole nitrogens is 1. The first kappa shape index (κ1) is 24.6. The minimum absolute atomic E-state index is 0.0834. The highest BCUT2D eigenvalue weighted by Crippen LogP contribution is 2.19. The normalized spacial score (nSPS) is 13.7. The Kier molecular flexibility index (Phi) is 8.98. The molecule has 0 saturated carbocycles. The van der Waals surface area contributed by atoms with Gasteiger partial charge in [0.25, 0.3) is 0 Å². The smallest absolute Gasteiger partial charge is 0.326 e.